The van der Waals surface area contributed by atoms with E-state index in [9.17, 15) is 5.11 Å². The fourth-order valence-corrected chi connectivity index (χ4v) is 2.06. The van der Waals surface area contributed by atoms with Gasteiger partial charge in [-0.2, -0.15) is 11.3 Å². The molecule has 0 amide bonds. The molecule has 0 unspecified atom stereocenters. The molecule has 2 aromatic rings. The normalized spacial score (nSPS) is 12.4. The first-order chi connectivity index (χ1) is 7.75. The summed E-state index contributed by atoms with van der Waals surface area (Å²) in [5.74, 6) is 0.796. The standard InChI is InChI=1S/C13H14O2S/c1-10(14)12-3-2-4-13(7-12)15-8-11-5-6-16-9-11/h2-7,9-10,14H,8H2,1H3/t10-/m0/s1. The molecular weight excluding hydrogens is 220 g/mol. The van der Waals surface area contributed by atoms with Crippen LogP contribution in [0.4, 0.5) is 0 Å². The van der Waals surface area contributed by atoms with Crippen molar-refractivity contribution < 1.29 is 9.84 Å². The predicted molar refractivity (Wildman–Crippen MR) is 65.7 cm³/mol. The third kappa shape index (κ3) is 2.84. The van der Waals surface area contributed by atoms with Crippen LogP contribution in [-0.4, -0.2) is 5.11 Å². The molecule has 2 rings (SSSR count). The smallest absolute Gasteiger partial charge is 0.120 e. The molecule has 2 nitrogen and oxygen atoms in total. The molecule has 0 fully saturated rings. The van der Waals surface area contributed by atoms with E-state index in [-0.39, 0.29) is 0 Å². The van der Waals surface area contributed by atoms with E-state index in [1.54, 1.807) is 18.3 Å². The van der Waals surface area contributed by atoms with Gasteiger partial charge in [-0.3, -0.25) is 0 Å². The van der Waals surface area contributed by atoms with Gasteiger partial charge >= 0.3 is 0 Å². The molecule has 1 heterocycles. The van der Waals surface area contributed by atoms with Crippen molar-refractivity contribution in [1.82, 2.24) is 0 Å². The Hall–Kier alpha value is -1.32. The lowest BCUT2D eigenvalue weighted by Gasteiger charge is -2.08. The molecule has 1 N–H and O–H groups in total. The van der Waals surface area contributed by atoms with Crippen LogP contribution in [0.2, 0.25) is 0 Å². The van der Waals surface area contributed by atoms with Gasteiger partial charge in [0, 0.05) is 0 Å². The highest BCUT2D eigenvalue weighted by Gasteiger charge is 2.02. The zero-order valence-electron chi connectivity index (χ0n) is 9.09. The Balaban J connectivity index is 2.01. The minimum absolute atomic E-state index is 0.454. The van der Waals surface area contributed by atoms with Crippen molar-refractivity contribution >= 4 is 11.3 Å². The van der Waals surface area contributed by atoms with E-state index >= 15 is 0 Å². The van der Waals surface area contributed by atoms with Gasteiger partial charge in [-0.25, -0.2) is 0 Å². The molecule has 1 aromatic heterocycles. The van der Waals surface area contributed by atoms with Crippen molar-refractivity contribution in [3.8, 4) is 5.75 Å². The van der Waals surface area contributed by atoms with Gasteiger partial charge in [0.25, 0.3) is 0 Å². The highest BCUT2D eigenvalue weighted by Crippen LogP contribution is 2.20. The lowest BCUT2D eigenvalue weighted by molar-refractivity contribution is 0.198. The van der Waals surface area contributed by atoms with Crippen LogP contribution < -0.4 is 4.74 Å². The summed E-state index contributed by atoms with van der Waals surface area (Å²) in [4.78, 5) is 0. The van der Waals surface area contributed by atoms with Gasteiger partial charge < -0.3 is 9.84 Å². The summed E-state index contributed by atoms with van der Waals surface area (Å²) in [5, 5.41) is 13.5. The van der Waals surface area contributed by atoms with Gasteiger partial charge in [-0.15, -0.1) is 0 Å². The molecule has 0 spiro atoms. The van der Waals surface area contributed by atoms with Crippen molar-refractivity contribution in [2.75, 3.05) is 0 Å². The molecule has 0 aliphatic rings. The van der Waals surface area contributed by atoms with Crippen molar-refractivity contribution in [2.24, 2.45) is 0 Å². The second-order valence-electron chi connectivity index (χ2n) is 3.67. The summed E-state index contributed by atoms with van der Waals surface area (Å²) in [6.07, 6.45) is -0.454. The van der Waals surface area contributed by atoms with Crippen LogP contribution >= 0.6 is 11.3 Å². The maximum Gasteiger partial charge on any atom is 0.120 e. The highest BCUT2D eigenvalue weighted by atomic mass is 32.1. The third-order valence-corrected chi connectivity index (χ3v) is 3.06. The molecule has 84 valence electrons. The van der Waals surface area contributed by atoms with Gasteiger partial charge in [0.05, 0.1) is 6.10 Å². The first-order valence-electron chi connectivity index (χ1n) is 5.17. The quantitative estimate of drug-likeness (QED) is 0.878. The minimum Gasteiger partial charge on any atom is -0.489 e. The first kappa shape index (κ1) is 11.2. The Kier molecular flexibility index (Phi) is 3.59. The first-order valence-corrected chi connectivity index (χ1v) is 6.12. The second kappa shape index (κ2) is 5.14. The summed E-state index contributed by atoms with van der Waals surface area (Å²) >= 11 is 1.66. The van der Waals surface area contributed by atoms with Crippen LogP contribution in [0.25, 0.3) is 0 Å². The molecule has 0 aliphatic carbocycles. The lowest BCUT2D eigenvalue weighted by Crippen LogP contribution is -1.96. The van der Waals surface area contributed by atoms with E-state index in [4.69, 9.17) is 4.74 Å². The van der Waals surface area contributed by atoms with Gasteiger partial charge in [-0.1, -0.05) is 12.1 Å². The Bertz CT molecular complexity index is 435. The zero-order chi connectivity index (χ0) is 11.4. The molecule has 0 bridgehead atoms. The van der Waals surface area contributed by atoms with Gasteiger partial charge in [0.15, 0.2) is 0 Å². The van der Waals surface area contributed by atoms with E-state index < -0.39 is 6.10 Å². The van der Waals surface area contributed by atoms with Crippen LogP contribution in [0.3, 0.4) is 0 Å². The average molecular weight is 234 g/mol. The van der Waals surface area contributed by atoms with Crippen molar-refractivity contribution in [1.29, 1.82) is 0 Å². The van der Waals surface area contributed by atoms with Crippen LogP contribution in [-0.2, 0) is 6.61 Å². The molecule has 0 aliphatic heterocycles. The number of aliphatic hydroxyl groups is 1. The molecular formula is C13H14O2S. The van der Waals surface area contributed by atoms with E-state index in [0.29, 0.717) is 6.61 Å². The molecule has 16 heavy (non-hydrogen) atoms. The van der Waals surface area contributed by atoms with Crippen LogP contribution in [0, 0.1) is 0 Å². The number of benzene rings is 1. The van der Waals surface area contributed by atoms with E-state index in [1.165, 1.54) is 5.56 Å². The fourth-order valence-electron chi connectivity index (χ4n) is 1.41. The largest absolute Gasteiger partial charge is 0.489 e. The Labute approximate surface area is 99.1 Å². The predicted octanol–water partition coefficient (Wildman–Crippen LogP) is 3.38. The molecule has 1 atom stereocenters. The number of ether oxygens (including phenoxy) is 1. The highest BCUT2D eigenvalue weighted by molar-refractivity contribution is 7.07. The average Bonchev–Trinajstić information content (AvgIpc) is 2.79. The Morgan fingerprint density at radius 1 is 1.38 bits per heavy atom. The van der Waals surface area contributed by atoms with Crippen LogP contribution in [0.1, 0.15) is 24.2 Å². The molecule has 1 aromatic carbocycles. The maximum absolute atomic E-state index is 9.45. The number of rotatable bonds is 4. The van der Waals surface area contributed by atoms with Crippen LogP contribution in [0.5, 0.6) is 5.75 Å². The third-order valence-electron chi connectivity index (χ3n) is 2.33. The van der Waals surface area contributed by atoms with E-state index in [0.717, 1.165) is 11.3 Å². The monoisotopic (exact) mass is 234 g/mol. The summed E-state index contributed by atoms with van der Waals surface area (Å²) in [6, 6.07) is 9.60. The van der Waals surface area contributed by atoms with Gasteiger partial charge in [0.2, 0.25) is 0 Å². The second-order valence-corrected chi connectivity index (χ2v) is 4.45. The molecule has 0 saturated heterocycles. The van der Waals surface area contributed by atoms with Gasteiger partial charge in [0.1, 0.15) is 12.4 Å². The number of thiophene rings is 1. The van der Waals surface area contributed by atoms with Crippen molar-refractivity contribution in [2.45, 2.75) is 19.6 Å². The van der Waals surface area contributed by atoms with E-state index in [2.05, 4.69) is 5.38 Å². The Morgan fingerprint density at radius 3 is 2.94 bits per heavy atom. The summed E-state index contributed by atoms with van der Waals surface area (Å²) in [6.45, 7) is 2.32. The maximum atomic E-state index is 9.45. The molecule has 0 saturated carbocycles. The van der Waals surface area contributed by atoms with Crippen molar-refractivity contribution in [3.63, 3.8) is 0 Å². The summed E-state index contributed by atoms with van der Waals surface area (Å²) in [7, 11) is 0. The van der Waals surface area contributed by atoms with Gasteiger partial charge in [-0.05, 0) is 47.0 Å². The number of hydrogen-bond donors (Lipinski definition) is 1. The Morgan fingerprint density at radius 2 is 2.25 bits per heavy atom. The summed E-state index contributed by atoms with van der Waals surface area (Å²) < 4.78 is 5.64. The van der Waals surface area contributed by atoms with E-state index in [1.807, 2.05) is 35.7 Å². The molecule has 3 heteroatoms. The SMILES string of the molecule is C[C@H](O)c1cccc(OCc2ccsc2)c1. The van der Waals surface area contributed by atoms with Crippen LogP contribution in [0.15, 0.2) is 41.1 Å². The van der Waals surface area contributed by atoms with Crippen molar-refractivity contribution in [3.05, 3.63) is 52.2 Å². The minimum atomic E-state index is -0.454. The zero-order valence-corrected chi connectivity index (χ0v) is 9.91. The fraction of sp³-hybridized carbons (Fsp3) is 0.231. The lowest BCUT2D eigenvalue weighted by atomic mass is 10.1. The number of hydrogen-bond acceptors (Lipinski definition) is 3. The number of aliphatic hydroxyl groups excluding tert-OH is 1. The summed E-state index contributed by atoms with van der Waals surface area (Å²) in [5.41, 5.74) is 2.05. The topological polar surface area (TPSA) is 29.5 Å². The molecule has 0 radical (unpaired) electrons.